The van der Waals surface area contributed by atoms with E-state index in [-0.39, 0.29) is 11.5 Å². The van der Waals surface area contributed by atoms with Gasteiger partial charge in [0.05, 0.1) is 12.1 Å². The van der Waals surface area contributed by atoms with E-state index in [1.165, 1.54) is 0 Å². The molecule has 0 aliphatic carbocycles. The molecule has 0 aliphatic heterocycles. The molecule has 3 nitrogen and oxygen atoms in total. The molecule has 0 aliphatic rings. The molecule has 2 atom stereocenters. The van der Waals surface area contributed by atoms with Crippen molar-refractivity contribution in [2.75, 3.05) is 0 Å². The third kappa shape index (κ3) is 2.35. The number of fused-ring (bicyclic) bond motifs is 1. The summed E-state index contributed by atoms with van der Waals surface area (Å²) in [7, 11) is 0. The second kappa shape index (κ2) is 4.17. The molecule has 0 spiro atoms. The molecule has 92 valence electrons. The number of aromatic amines is 1. The molecule has 1 aromatic carbocycles. The van der Waals surface area contributed by atoms with Gasteiger partial charge in [0.25, 0.3) is 0 Å². The lowest BCUT2D eigenvalue weighted by Gasteiger charge is -2.31. The first-order valence-electron chi connectivity index (χ1n) is 5.90. The third-order valence-electron chi connectivity index (χ3n) is 3.19. The smallest absolute Gasteiger partial charge is 0.0780 e. The Morgan fingerprint density at radius 1 is 1.24 bits per heavy atom. The fraction of sp³-hybridized carbons (Fsp3) is 0.429. The Balaban J connectivity index is 2.32. The van der Waals surface area contributed by atoms with Crippen molar-refractivity contribution < 1.29 is 5.11 Å². The highest BCUT2D eigenvalue weighted by Crippen LogP contribution is 2.29. The van der Waals surface area contributed by atoms with E-state index in [4.69, 9.17) is 5.73 Å². The molecule has 1 aromatic heterocycles. The standard InChI is InChI=1S/C14H20N2O/c1-14(2,3)13(17)12(15)10-5-4-9-6-7-16-11(9)8-10/h4-8,12-13,16-17H,15H2,1-3H3/t12-,13-/m1/s1. The Morgan fingerprint density at radius 3 is 2.59 bits per heavy atom. The summed E-state index contributed by atoms with van der Waals surface area (Å²) in [6.07, 6.45) is 1.34. The number of hydrogen-bond acceptors (Lipinski definition) is 2. The minimum Gasteiger partial charge on any atom is -0.391 e. The second-order valence-electron chi connectivity index (χ2n) is 5.66. The van der Waals surface area contributed by atoms with Crippen LogP contribution in [0.25, 0.3) is 10.9 Å². The number of aliphatic hydroxyl groups excluding tert-OH is 1. The molecule has 2 aromatic rings. The first kappa shape index (κ1) is 12.1. The zero-order valence-electron chi connectivity index (χ0n) is 10.6. The van der Waals surface area contributed by atoms with E-state index in [0.29, 0.717) is 0 Å². The molecule has 4 N–H and O–H groups in total. The van der Waals surface area contributed by atoms with Crippen molar-refractivity contribution in [3.63, 3.8) is 0 Å². The average molecular weight is 232 g/mol. The van der Waals surface area contributed by atoms with Crippen LogP contribution in [0.1, 0.15) is 32.4 Å². The summed E-state index contributed by atoms with van der Waals surface area (Å²) in [6.45, 7) is 5.97. The monoisotopic (exact) mass is 232 g/mol. The normalized spacial score (nSPS) is 16.1. The number of aromatic nitrogens is 1. The Labute approximate surface area is 102 Å². The molecule has 0 fully saturated rings. The number of nitrogens with one attached hydrogen (secondary N) is 1. The highest BCUT2D eigenvalue weighted by atomic mass is 16.3. The van der Waals surface area contributed by atoms with E-state index in [2.05, 4.69) is 4.98 Å². The minimum atomic E-state index is -0.560. The first-order chi connectivity index (χ1) is 7.89. The van der Waals surface area contributed by atoms with Gasteiger partial charge in [-0.05, 0) is 28.5 Å². The molecule has 2 rings (SSSR count). The van der Waals surface area contributed by atoms with Crippen LogP contribution >= 0.6 is 0 Å². The van der Waals surface area contributed by atoms with Gasteiger partial charge in [0.15, 0.2) is 0 Å². The summed E-state index contributed by atoms with van der Waals surface area (Å²) in [5, 5.41) is 11.4. The molecular formula is C14H20N2O. The Kier molecular flexibility index (Phi) is 2.98. The summed E-state index contributed by atoms with van der Waals surface area (Å²) in [5.41, 5.74) is 7.92. The quantitative estimate of drug-likeness (QED) is 0.745. The van der Waals surface area contributed by atoms with Gasteiger partial charge in [0.2, 0.25) is 0 Å². The van der Waals surface area contributed by atoms with Crippen LogP contribution in [0.2, 0.25) is 0 Å². The fourth-order valence-electron chi connectivity index (χ4n) is 1.99. The average Bonchev–Trinajstić information content (AvgIpc) is 2.72. The summed E-state index contributed by atoms with van der Waals surface area (Å²) < 4.78 is 0. The van der Waals surface area contributed by atoms with Crippen LogP contribution in [0.3, 0.4) is 0 Å². The molecule has 0 amide bonds. The fourth-order valence-corrected chi connectivity index (χ4v) is 1.99. The van der Waals surface area contributed by atoms with Gasteiger partial charge in [-0.25, -0.2) is 0 Å². The van der Waals surface area contributed by atoms with Crippen molar-refractivity contribution in [1.29, 1.82) is 0 Å². The maximum absolute atomic E-state index is 10.2. The first-order valence-corrected chi connectivity index (χ1v) is 5.90. The third-order valence-corrected chi connectivity index (χ3v) is 3.19. The zero-order valence-corrected chi connectivity index (χ0v) is 10.6. The lowest BCUT2D eigenvalue weighted by Crippen LogP contribution is -2.36. The predicted octanol–water partition coefficient (Wildman–Crippen LogP) is 2.57. The van der Waals surface area contributed by atoms with Gasteiger partial charge in [-0.3, -0.25) is 0 Å². The Morgan fingerprint density at radius 2 is 1.94 bits per heavy atom. The molecule has 0 bridgehead atoms. The molecule has 1 heterocycles. The van der Waals surface area contributed by atoms with Crippen LogP contribution in [0.5, 0.6) is 0 Å². The van der Waals surface area contributed by atoms with Crippen LogP contribution in [-0.2, 0) is 0 Å². The van der Waals surface area contributed by atoms with Crippen molar-refractivity contribution in [1.82, 2.24) is 4.98 Å². The topological polar surface area (TPSA) is 62.0 Å². The summed E-state index contributed by atoms with van der Waals surface area (Å²) >= 11 is 0. The van der Waals surface area contributed by atoms with Gasteiger partial charge in [-0.15, -0.1) is 0 Å². The summed E-state index contributed by atoms with van der Waals surface area (Å²) in [5.74, 6) is 0. The zero-order chi connectivity index (χ0) is 12.6. The minimum absolute atomic E-state index is 0.218. The molecule has 17 heavy (non-hydrogen) atoms. The molecule has 0 saturated heterocycles. The van der Waals surface area contributed by atoms with Crippen molar-refractivity contribution >= 4 is 10.9 Å². The van der Waals surface area contributed by atoms with E-state index in [1.54, 1.807) is 0 Å². The van der Waals surface area contributed by atoms with Crippen LogP contribution in [0, 0.1) is 5.41 Å². The van der Waals surface area contributed by atoms with Crippen LogP contribution in [-0.4, -0.2) is 16.2 Å². The maximum atomic E-state index is 10.2. The lowest BCUT2D eigenvalue weighted by atomic mass is 9.82. The Bertz CT molecular complexity index is 510. The van der Waals surface area contributed by atoms with Crippen molar-refractivity contribution in [3.05, 3.63) is 36.0 Å². The number of benzene rings is 1. The van der Waals surface area contributed by atoms with Gasteiger partial charge >= 0.3 is 0 Å². The van der Waals surface area contributed by atoms with Crippen molar-refractivity contribution in [2.24, 2.45) is 11.1 Å². The van der Waals surface area contributed by atoms with Crippen molar-refractivity contribution in [3.8, 4) is 0 Å². The summed E-state index contributed by atoms with van der Waals surface area (Å²) in [4.78, 5) is 3.16. The SMILES string of the molecule is CC(C)(C)[C@H](O)[C@H](N)c1ccc2cc[nH]c2c1. The van der Waals surface area contributed by atoms with Crippen molar-refractivity contribution in [2.45, 2.75) is 32.9 Å². The van der Waals surface area contributed by atoms with E-state index < -0.39 is 6.10 Å². The van der Waals surface area contributed by atoms with Gasteiger partial charge in [0.1, 0.15) is 0 Å². The van der Waals surface area contributed by atoms with Gasteiger partial charge in [0, 0.05) is 11.7 Å². The number of hydrogen-bond donors (Lipinski definition) is 3. The largest absolute Gasteiger partial charge is 0.391 e. The molecular weight excluding hydrogens is 212 g/mol. The number of H-pyrrole nitrogens is 1. The predicted molar refractivity (Wildman–Crippen MR) is 70.7 cm³/mol. The van der Waals surface area contributed by atoms with Gasteiger partial charge < -0.3 is 15.8 Å². The molecule has 0 radical (unpaired) electrons. The highest BCUT2D eigenvalue weighted by molar-refractivity contribution is 5.80. The van der Waals surface area contributed by atoms with Crippen LogP contribution < -0.4 is 5.73 Å². The van der Waals surface area contributed by atoms with E-state index in [0.717, 1.165) is 16.5 Å². The lowest BCUT2D eigenvalue weighted by molar-refractivity contribution is 0.0401. The van der Waals surface area contributed by atoms with E-state index in [9.17, 15) is 5.11 Å². The number of rotatable bonds is 2. The highest BCUT2D eigenvalue weighted by Gasteiger charge is 2.29. The van der Waals surface area contributed by atoms with Crippen LogP contribution in [0.15, 0.2) is 30.5 Å². The van der Waals surface area contributed by atoms with Crippen LogP contribution in [0.4, 0.5) is 0 Å². The molecule has 3 heteroatoms. The second-order valence-corrected chi connectivity index (χ2v) is 5.66. The van der Waals surface area contributed by atoms with Gasteiger partial charge in [-0.2, -0.15) is 0 Å². The summed E-state index contributed by atoms with van der Waals surface area (Å²) in [6, 6.07) is 7.68. The maximum Gasteiger partial charge on any atom is 0.0780 e. The number of nitrogens with two attached hydrogens (primary N) is 1. The number of aliphatic hydroxyl groups is 1. The van der Waals surface area contributed by atoms with E-state index >= 15 is 0 Å². The van der Waals surface area contributed by atoms with Gasteiger partial charge in [-0.1, -0.05) is 32.9 Å². The van der Waals surface area contributed by atoms with E-state index in [1.807, 2.05) is 51.2 Å². The Hall–Kier alpha value is -1.32. The molecule has 0 saturated carbocycles. The molecule has 0 unspecified atom stereocenters.